The molecule has 1 heterocycles. The van der Waals surface area contributed by atoms with Crippen LogP contribution in [0.2, 0.25) is 0 Å². The number of benzene rings is 3. The fraction of sp³-hybridized carbons (Fsp3) is 0.167. The number of nitrogens with one attached hydrogen (secondary N) is 1. The minimum Gasteiger partial charge on any atom is -0.467 e. The van der Waals surface area contributed by atoms with Gasteiger partial charge in [-0.15, -0.1) is 0 Å². The van der Waals surface area contributed by atoms with Crippen molar-refractivity contribution in [3.05, 3.63) is 117 Å². The van der Waals surface area contributed by atoms with Crippen molar-refractivity contribution < 1.29 is 38.3 Å². The van der Waals surface area contributed by atoms with Gasteiger partial charge in [0.2, 0.25) is 0 Å². The van der Waals surface area contributed by atoms with Crippen LogP contribution in [0, 0.1) is 10.1 Å². The lowest BCUT2D eigenvalue weighted by molar-refractivity contribution is -0.384. The number of carbonyl (C=O) groups excluding carboxylic acids is 4. The third-order valence-corrected chi connectivity index (χ3v) is 6.53. The maximum Gasteiger partial charge on any atom is 0.359 e. The highest BCUT2D eigenvalue weighted by Gasteiger charge is 2.40. The Bertz CT molecular complexity index is 1650. The van der Waals surface area contributed by atoms with Gasteiger partial charge in [-0.05, 0) is 29.8 Å². The number of nitro groups is 1. The molecule has 3 aromatic carbocycles. The minimum absolute atomic E-state index is 0.0288. The lowest BCUT2D eigenvalue weighted by atomic mass is 9.97. The summed E-state index contributed by atoms with van der Waals surface area (Å²) >= 11 is 0. The second kappa shape index (κ2) is 13.2. The van der Waals surface area contributed by atoms with Crippen molar-refractivity contribution in [3.63, 3.8) is 0 Å². The normalized spacial score (nSPS) is 12.0. The molecule has 0 aliphatic carbocycles. The molecule has 4 aromatic rings. The molecular weight excluding hydrogens is 560 g/mol. The maximum atomic E-state index is 13.4. The number of non-ortho nitro benzene ring substituents is 1. The Labute approximate surface area is 245 Å². The summed E-state index contributed by atoms with van der Waals surface area (Å²) in [7, 11) is 3.35. The van der Waals surface area contributed by atoms with E-state index in [0.29, 0.717) is 5.56 Å². The average Bonchev–Trinajstić information content (AvgIpc) is 3.44. The molecule has 0 spiro atoms. The molecule has 0 unspecified atom stereocenters. The van der Waals surface area contributed by atoms with Crippen LogP contribution in [0.15, 0.2) is 84.9 Å². The first-order chi connectivity index (χ1) is 20.7. The number of aromatic nitrogens is 2. The van der Waals surface area contributed by atoms with E-state index in [1.807, 2.05) is 0 Å². The number of hydrogen-bond acceptors (Lipinski definition) is 10. The number of ether oxygens (including phenoxy) is 3. The summed E-state index contributed by atoms with van der Waals surface area (Å²) in [6.45, 7) is 0. The van der Waals surface area contributed by atoms with E-state index in [4.69, 9.17) is 14.2 Å². The number of nitrogens with zero attached hydrogens (tertiary/aromatic N) is 3. The third-order valence-electron chi connectivity index (χ3n) is 6.53. The summed E-state index contributed by atoms with van der Waals surface area (Å²) in [5.41, 5.74) is -0.116. The van der Waals surface area contributed by atoms with Crippen molar-refractivity contribution >= 4 is 29.5 Å². The Hall–Kier alpha value is -5.85. The van der Waals surface area contributed by atoms with E-state index in [1.54, 1.807) is 60.7 Å². The quantitative estimate of drug-likeness (QED) is 0.125. The SMILES string of the molecule is COC(=O)c1nn([C@@H](c2ccccc2)[C@H](NC(=O)c2ccccc2)C(=O)OC)c(-c2ccc([N+](=O)[O-])cc2)c1C(=O)OC. The van der Waals surface area contributed by atoms with Crippen molar-refractivity contribution in [2.45, 2.75) is 12.1 Å². The molecule has 4 rings (SSSR count). The Kier molecular flexibility index (Phi) is 9.25. The number of hydrogen-bond donors (Lipinski definition) is 1. The number of amides is 1. The number of methoxy groups -OCH3 is 3. The average molecular weight is 587 g/mol. The van der Waals surface area contributed by atoms with Crippen LogP contribution in [0.3, 0.4) is 0 Å². The molecule has 0 fully saturated rings. The van der Waals surface area contributed by atoms with Gasteiger partial charge in [-0.25, -0.2) is 14.4 Å². The van der Waals surface area contributed by atoms with Gasteiger partial charge in [0.15, 0.2) is 11.7 Å². The Balaban J connectivity index is 2.05. The number of carbonyl (C=O) groups is 4. The molecule has 0 aliphatic heterocycles. The van der Waals surface area contributed by atoms with Crippen LogP contribution in [-0.2, 0) is 19.0 Å². The molecule has 0 aliphatic rings. The highest BCUT2D eigenvalue weighted by molar-refractivity contribution is 6.06. The summed E-state index contributed by atoms with van der Waals surface area (Å²) in [6.07, 6.45) is 0. The first-order valence-electron chi connectivity index (χ1n) is 12.7. The first kappa shape index (κ1) is 30.1. The van der Waals surface area contributed by atoms with Gasteiger partial charge in [-0.3, -0.25) is 19.6 Å². The Morgan fingerprint density at radius 1 is 0.814 bits per heavy atom. The Morgan fingerprint density at radius 2 is 1.40 bits per heavy atom. The van der Waals surface area contributed by atoms with E-state index in [1.165, 1.54) is 28.9 Å². The second-order valence-electron chi connectivity index (χ2n) is 9.00. The molecule has 1 aromatic heterocycles. The van der Waals surface area contributed by atoms with Crippen LogP contribution in [0.25, 0.3) is 11.3 Å². The highest BCUT2D eigenvalue weighted by atomic mass is 16.6. The summed E-state index contributed by atoms with van der Waals surface area (Å²) in [5, 5.41) is 18.5. The van der Waals surface area contributed by atoms with Gasteiger partial charge in [0.1, 0.15) is 11.6 Å². The molecular formula is C30H26N4O9. The van der Waals surface area contributed by atoms with E-state index in [2.05, 4.69) is 10.4 Å². The van der Waals surface area contributed by atoms with Gasteiger partial charge in [-0.1, -0.05) is 48.5 Å². The van der Waals surface area contributed by atoms with Crippen LogP contribution in [0.4, 0.5) is 5.69 Å². The fourth-order valence-electron chi connectivity index (χ4n) is 4.52. The zero-order valence-corrected chi connectivity index (χ0v) is 23.3. The topological polar surface area (TPSA) is 169 Å². The zero-order chi connectivity index (χ0) is 31.1. The van der Waals surface area contributed by atoms with Crippen LogP contribution < -0.4 is 5.32 Å². The van der Waals surface area contributed by atoms with Crippen LogP contribution in [0.1, 0.15) is 42.8 Å². The van der Waals surface area contributed by atoms with Crippen LogP contribution in [-0.4, -0.2) is 65.9 Å². The van der Waals surface area contributed by atoms with E-state index < -0.39 is 46.5 Å². The molecule has 13 heteroatoms. The van der Waals surface area contributed by atoms with Gasteiger partial charge in [0.25, 0.3) is 11.6 Å². The number of nitro benzene ring substituents is 1. The highest BCUT2D eigenvalue weighted by Crippen LogP contribution is 2.35. The second-order valence-corrected chi connectivity index (χ2v) is 9.00. The summed E-state index contributed by atoms with van der Waals surface area (Å²) in [4.78, 5) is 63.5. The van der Waals surface area contributed by atoms with Crippen molar-refractivity contribution in [1.29, 1.82) is 0 Å². The summed E-state index contributed by atoms with van der Waals surface area (Å²) in [5.74, 6) is -3.42. The molecule has 0 saturated heterocycles. The van der Waals surface area contributed by atoms with E-state index in [-0.39, 0.29) is 28.1 Å². The lowest BCUT2D eigenvalue weighted by Gasteiger charge is -2.28. The van der Waals surface area contributed by atoms with Crippen molar-refractivity contribution in [2.24, 2.45) is 0 Å². The van der Waals surface area contributed by atoms with Gasteiger partial charge in [0.05, 0.1) is 31.9 Å². The van der Waals surface area contributed by atoms with Crippen molar-refractivity contribution in [1.82, 2.24) is 15.1 Å². The van der Waals surface area contributed by atoms with Crippen LogP contribution in [0.5, 0.6) is 0 Å². The smallest absolute Gasteiger partial charge is 0.359 e. The number of rotatable bonds is 10. The van der Waals surface area contributed by atoms with Crippen molar-refractivity contribution in [3.8, 4) is 11.3 Å². The fourth-order valence-corrected chi connectivity index (χ4v) is 4.52. The standard InChI is InChI=1S/C30H26N4O9/c1-41-28(36)22-23(29(37)42-2)32-33(25(22)19-14-16-21(17-15-19)34(39)40)26(18-10-6-4-7-11-18)24(30(38)43-3)31-27(35)20-12-8-5-9-13-20/h4-17,24,26H,1-3H3,(H,31,35)/t24-,26-/m0/s1. The summed E-state index contributed by atoms with van der Waals surface area (Å²) < 4.78 is 16.2. The third kappa shape index (κ3) is 6.25. The molecule has 13 nitrogen and oxygen atoms in total. The molecule has 43 heavy (non-hydrogen) atoms. The molecule has 1 N–H and O–H groups in total. The van der Waals surface area contributed by atoms with Crippen LogP contribution >= 0.6 is 0 Å². The predicted octanol–water partition coefficient (Wildman–Crippen LogP) is 3.59. The molecule has 0 radical (unpaired) electrons. The first-order valence-corrected chi connectivity index (χ1v) is 12.7. The predicted molar refractivity (Wildman–Crippen MR) is 151 cm³/mol. The molecule has 0 saturated carbocycles. The monoisotopic (exact) mass is 586 g/mol. The van der Waals surface area contributed by atoms with E-state index >= 15 is 0 Å². The van der Waals surface area contributed by atoms with Gasteiger partial charge in [0, 0.05) is 23.3 Å². The maximum absolute atomic E-state index is 13.4. The summed E-state index contributed by atoms with van der Waals surface area (Å²) in [6, 6.07) is 19.0. The van der Waals surface area contributed by atoms with Gasteiger partial charge >= 0.3 is 17.9 Å². The zero-order valence-electron chi connectivity index (χ0n) is 23.3. The van der Waals surface area contributed by atoms with Gasteiger partial charge in [-0.2, -0.15) is 5.10 Å². The molecule has 220 valence electrons. The molecule has 0 bridgehead atoms. The molecule has 2 atom stereocenters. The van der Waals surface area contributed by atoms with Gasteiger partial charge < -0.3 is 19.5 Å². The van der Waals surface area contributed by atoms with Crippen molar-refractivity contribution in [2.75, 3.05) is 21.3 Å². The number of esters is 3. The Morgan fingerprint density at radius 3 is 1.93 bits per heavy atom. The molecule has 1 amide bonds. The van der Waals surface area contributed by atoms with E-state index in [9.17, 15) is 29.3 Å². The largest absolute Gasteiger partial charge is 0.467 e. The lowest BCUT2D eigenvalue weighted by Crippen LogP contribution is -2.48. The minimum atomic E-state index is -1.45. The van der Waals surface area contributed by atoms with E-state index in [0.717, 1.165) is 21.3 Å².